The van der Waals surface area contributed by atoms with Gasteiger partial charge in [-0.3, -0.25) is 4.79 Å². The SMILES string of the molecule is C[C@@H](NC(=O)[C@@H](NC(=O)OCc1ccccc1)C1CCCCC1)C(C)(C)C. The fraction of sp³-hybridized carbons (Fsp3) is 0.636. The minimum Gasteiger partial charge on any atom is -0.445 e. The first-order chi connectivity index (χ1) is 12.8. The quantitative estimate of drug-likeness (QED) is 0.775. The molecule has 0 saturated heterocycles. The topological polar surface area (TPSA) is 67.4 Å². The number of hydrogen-bond donors (Lipinski definition) is 2. The van der Waals surface area contributed by atoms with Crippen molar-refractivity contribution in [2.75, 3.05) is 0 Å². The van der Waals surface area contributed by atoms with Gasteiger partial charge in [0.2, 0.25) is 5.91 Å². The van der Waals surface area contributed by atoms with Crippen molar-refractivity contribution in [3.8, 4) is 0 Å². The van der Waals surface area contributed by atoms with Gasteiger partial charge >= 0.3 is 6.09 Å². The number of hydrogen-bond acceptors (Lipinski definition) is 3. The number of benzene rings is 1. The number of rotatable bonds is 6. The molecule has 0 aliphatic heterocycles. The largest absolute Gasteiger partial charge is 0.445 e. The lowest BCUT2D eigenvalue weighted by Gasteiger charge is -2.33. The smallest absolute Gasteiger partial charge is 0.408 e. The second-order valence-corrected chi connectivity index (χ2v) is 8.68. The van der Waals surface area contributed by atoms with Crippen LogP contribution in [0.25, 0.3) is 0 Å². The lowest BCUT2D eigenvalue weighted by atomic mass is 9.82. The molecule has 5 heteroatoms. The number of ether oxygens (including phenoxy) is 1. The Morgan fingerprint density at radius 2 is 1.70 bits per heavy atom. The fourth-order valence-corrected chi connectivity index (χ4v) is 3.28. The van der Waals surface area contributed by atoms with Crippen molar-refractivity contribution >= 4 is 12.0 Å². The normalized spacial score (nSPS) is 17.6. The molecular formula is C22H34N2O3. The molecule has 150 valence electrons. The maximum absolute atomic E-state index is 12.9. The fourth-order valence-electron chi connectivity index (χ4n) is 3.28. The molecule has 0 bridgehead atoms. The second-order valence-electron chi connectivity index (χ2n) is 8.68. The van der Waals surface area contributed by atoms with Crippen LogP contribution in [0.5, 0.6) is 0 Å². The van der Waals surface area contributed by atoms with Crippen molar-refractivity contribution in [2.24, 2.45) is 11.3 Å². The molecule has 0 aromatic heterocycles. The summed E-state index contributed by atoms with van der Waals surface area (Å²) in [6.07, 6.45) is 4.78. The summed E-state index contributed by atoms with van der Waals surface area (Å²) in [5.41, 5.74) is 0.883. The molecule has 0 heterocycles. The highest BCUT2D eigenvalue weighted by Gasteiger charge is 2.33. The van der Waals surface area contributed by atoms with Crippen LogP contribution in [0.4, 0.5) is 4.79 Å². The van der Waals surface area contributed by atoms with Gasteiger partial charge in [0.15, 0.2) is 0 Å². The zero-order valence-corrected chi connectivity index (χ0v) is 17.1. The monoisotopic (exact) mass is 374 g/mol. The van der Waals surface area contributed by atoms with Crippen LogP contribution in [0, 0.1) is 11.3 Å². The van der Waals surface area contributed by atoms with Crippen molar-refractivity contribution in [3.05, 3.63) is 35.9 Å². The molecule has 1 aromatic carbocycles. The number of alkyl carbamates (subject to hydrolysis) is 1. The molecule has 1 aliphatic carbocycles. The van der Waals surface area contributed by atoms with Gasteiger partial charge in [-0.1, -0.05) is 70.4 Å². The number of carbonyl (C=O) groups excluding carboxylic acids is 2. The highest BCUT2D eigenvalue weighted by Crippen LogP contribution is 2.27. The predicted octanol–water partition coefficient (Wildman–Crippen LogP) is 4.41. The zero-order valence-electron chi connectivity index (χ0n) is 17.1. The molecule has 5 nitrogen and oxygen atoms in total. The average Bonchev–Trinajstić information content (AvgIpc) is 2.65. The number of amides is 2. The van der Waals surface area contributed by atoms with Crippen molar-refractivity contribution in [3.63, 3.8) is 0 Å². The molecule has 0 radical (unpaired) electrons. The van der Waals surface area contributed by atoms with Gasteiger partial charge in [0.25, 0.3) is 0 Å². The summed E-state index contributed by atoms with van der Waals surface area (Å²) < 4.78 is 5.34. The maximum Gasteiger partial charge on any atom is 0.408 e. The molecule has 0 spiro atoms. The van der Waals surface area contributed by atoms with E-state index in [2.05, 4.69) is 31.4 Å². The van der Waals surface area contributed by atoms with Gasteiger partial charge in [-0.2, -0.15) is 0 Å². The molecule has 1 aromatic rings. The Labute approximate surface area is 163 Å². The minimum absolute atomic E-state index is 0.0122. The third-order valence-electron chi connectivity index (χ3n) is 5.55. The van der Waals surface area contributed by atoms with Gasteiger partial charge in [-0.15, -0.1) is 0 Å². The standard InChI is InChI=1S/C22H34N2O3/c1-16(22(2,3)4)23-20(25)19(18-13-9-6-10-14-18)24-21(26)27-15-17-11-7-5-8-12-17/h5,7-8,11-12,16,18-19H,6,9-10,13-15H2,1-4H3,(H,23,25)(H,24,26)/t16-,19+/m1/s1. The van der Waals surface area contributed by atoms with Crippen LogP contribution in [0.3, 0.4) is 0 Å². The van der Waals surface area contributed by atoms with E-state index in [9.17, 15) is 9.59 Å². The molecule has 27 heavy (non-hydrogen) atoms. The van der Waals surface area contributed by atoms with Gasteiger partial charge in [0, 0.05) is 6.04 Å². The Kier molecular flexibility index (Phi) is 7.69. The Hall–Kier alpha value is -2.04. The van der Waals surface area contributed by atoms with E-state index >= 15 is 0 Å². The first-order valence-corrected chi connectivity index (χ1v) is 10.0. The molecule has 2 amide bonds. The molecule has 0 unspecified atom stereocenters. The Balaban J connectivity index is 1.98. The summed E-state index contributed by atoms with van der Waals surface area (Å²) in [5, 5.41) is 5.93. The van der Waals surface area contributed by atoms with E-state index in [1.165, 1.54) is 6.42 Å². The summed E-state index contributed by atoms with van der Waals surface area (Å²) in [5.74, 6) is 0.0520. The lowest BCUT2D eigenvalue weighted by Crippen LogP contribution is -2.55. The second kappa shape index (κ2) is 9.77. The van der Waals surface area contributed by atoms with Crippen LogP contribution in [0.15, 0.2) is 30.3 Å². The Bertz CT molecular complexity index is 604. The van der Waals surface area contributed by atoms with E-state index in [4.69, 9.17) is 4.74 Å². The molecule has 2 N–H and O–H groups in total. The Morgan fingerprint density at radius 3 is 2.30 bits per heavy atom. The van der Waals surface area contributed by atoms with Gasteiger partial charge in [-0.05, 0) is 36.7 Å². The van der Waals surface area contributed by atoms with Gasteiger partial charge in [0.1, 0.15) is 12.6 Å². The predicted molar refractivity (Wildman–Crippen MR) is 107 cm³/mol. The highest BCUT2D eigenvalue weighted by molar-refractivity contribution is 5.86. The van der Waals surface area contributed by atoms with E-state index < -0.39 is 12.1 Å². The Morgan fingerprint density at radius 1 is 1.07 bits per heavy atom. The van der Waals surface area contributed by atoms with E-state index in [1.807, 2.05) is 37.3 Å². The van der Waals surface area contributed by atoms with Crippen molar-refractivity contribution in [1.82, 2.24) is 10.6 Å². The highest BCUT2D eigenvalue weighted by atomic mass is 16.5. The first kappa shape index (κ1) is 21.3. The summed E-state index contributed by atoms with van der Waals surface area (Å²) >= 11 is 0. The molecule has 2 atom stereocenters. The van der Waals surface area contributed by atoms with Crippen LogP contribution < -0.4 is 10.6 Å². The first-order valence-electron chi connectivity index (χ1n) is 10.0. The summed E-state index contributed by atoms with van der Waals surface area (Å²) in [6.45, 7) is 8.48. The van der Waals surface area contributed by atoms with Crippen LogP contribution in [-0.4, -0.2) is 24.1 Å². The van der Waals surface area contributed by atoms with Crippen LogP contribution in [0.1, 0.15) is 65.4 Å². The van der Waals surface area contributed by atoms with E-state index in [0.717, 1.165) is 31.2 Å². The molecule has 1 aliphatic rings. The van der Waals surface area contributed by atoms with Crippen molar-refractivity contribution in [2.45, 2.75) is 78.5 Å². The minimum atomic E-state index is -0.543. The van der Waals surface area contributed by atoms with Crippen molar-refractivity contribution in [1.29, 1.82) is 0 Å². The van der Waals surface area contributed by atoms with Crippen LogP contribution >= 0.6 is 0 Å². The summed E-state index contributed by atoms with van der Waals surface area (Å²) in [7, 11) is 0. The number of carbonyl (C=O) groups is 2. The van der Waals surface area contributed by atoms with E-state index in [-0.39, 0.29) is 29.9 Å². The molecule has 1 saturated carbocycles. The van der Waals surface area contributed by atoms with Gasteiger partial charge in [0.05, 0.1) is 0 Å². The van der Waals surface area contributed by atoms with Crippen LogP contribution in [0.2, 0.25) is 0 Å². The average molecular weight is 375 g/mol. The maximum atomic E-state index is 12.9. The summed E-state index contributed by atoms with van der Waals surface area (Å²) in [6, 6.07) is 9.01. The van der Waals surface area contributed by atoms with Gasteiger partial charge < -0.3 is 15.4 Å². The zero-order chi connectivity index (χ0) is 19.9. The molecule has 2 rings (SSSR count). The molecular weight excluding hydrogens is 340 g/mol. The molecule has 1 fully saturated rings. The van der Waals surface area contributed by atoms with Crippen LogP contribution in [-0.2, 0) is 16.1 Å². The third-order valence-corrected chi connectivity index (χ3v) is 5.55. The van der Waals surface area contributed by atoms with E-state index in [0.29, 0.717) is 0 Å². The van der Waals surface area contributed by atoms with Crippen molar-refractivity contribution < 1.29 is 14.3 Å². The summed E-state index contributed by atoms with van der Waals surface area (Å²) in [4.78, 5) is 25.3. The number of nitrogens with one attached hydrogen (secondary N) is 2. The van der Waals surface area contributed by atoms with Gasteiger partial charge in [-0.25, -0.2) is 4.79 Å². The lowest BCUT2D eigenvalue weighted by molar-refractivity contribution is -0.126. The third kappa shape index (κ3) is 6.89. The van der Waals surface area contributed by atoms with E-state index in [1.54, 1.807) is 0 Å².